The van der Waals surface area contributed by atoms with Gasteiger partial charge in [0.1, 0.15) is 0 Å². The van der Waals surface area contributed by atoms with E-state index in [1.54, 1.807) is 16.2 Å². The van der Waals surface area contributed by atoms with Crippen molar-refractivity contribution < 1.29 is 4.79 Å². The average Bonchev–Trinajstić information content (AvgIpc) is 3.00. The van der Waals surface area contributed by atoms with Crippen LogP contribution in [-0.4, -0.2) is 23.9 Å². The minimum Gasteiger partial charge on any atom is -0.343 e. The van der Waals surface area contributed by atoms with Gasteiger partial charge in [-0.2, -0.15) is 11.3 Å². The molecule has 2 atom stereocenters. The van der Waals surface area contributed by atoms with Crippen LogP contribution in [0.25, 0.3) is 0 Å². The number of benzene rings is 1. The Morgan fingerprint density at radius 3 is 2.55 bits per heavy atom. The molecule has 0 radical (unpaired) electrons. The van der Waals surface area contributed by atoms with Crippen LogP contribution in [0.1, 0.15) is 30.5 Å². The Morgan fingerprint density at radius 2 is 1.95 bits per heavy atom. The Morgan fingerprint density at radius 1 is 1.27 bits per heavy atom. The van der Waals surface area contributed by atoms with Gasteiger partial charge in [0.25, 0.3) is 0 Å². The van der Waals surface area contributed by atoms with Crippen molar-refractivity contribution in [1.29, 1.82) is 0 Å². The number of rotatable bonds is 6. The summed E-state index contributed by atoms with van der Waals surface area (Å²) in [6.45, 7) is 2.07. The van der Waals surface area contributed by atoms with E-state index >= 15 is 0 Å². The Balaban J connectivity index is 0.00000242. The van der Waals surface area contributed by atoms with Crippen molar-refractivity contribution >= 4 is 29.7 Å². The molecule has 120 valence electrons. The van der Waals surface area contributed by atoms with E-state index in [0.29, 0.717) is 6.42 Å². The third-order valence-corrected chi connectivity index (χ3v) is 4.52. The molecular formula is C17H23ClN2OS. The van der Waals surface area contributed by atoms with Gasteiger partial charge in [0.2, 0.25) is 5.91 Å². The molecule has 1 amide bonds. The zero-order valence-corrected chi connectivity index (χ0v) is 14.6. The molecule has 0 fully saturated rings. The quantitative estimate of drug-likeness (QED) is 0.873. The first-order chi connectivity index (χ1) is 10.1. The van der Waals surface area contributed by atoms with Gasteiger partial charge in [-0.05, 0) is 41.3 Å². The first-order valence-electron chi connectivity index (χ1n) is 7.15. The average molecular weight is 339 g/mol. The fraction of sp³-hybridized carbons (Fsp3) is 0.353. The number of hydrogen-bond acceptors (Lipinski definition) is 3. The summed E-state index contributed by atoms with van der Waals surface area (Å²) >= 11 is 1.69. The smallest absolute Gasteiger partial charge is 0.224 e. The van der Waals surface area contributed by atoms with E-state index in [-0.39, 0.29) is 30.4 Å². The molecule has 1 aromatic carbocycles. The molecule has 0 saturated heterocycles. The SMILES string of the molecule is CC(Cc1ccsc1)N(C)C(=O)CC(N)c1ccccc1.Cl. The van der Waals surface area contributed by atoms with E-state index in [4.69, 9.17) is 5.73 Å². The molecule has 2 rings (SSSR count). The van der Waals surface area contributed by atoms with Gasteiger partial charge in [0, 0.05) is 25.6 Å². The second-order valence-corrected chi connectivity index (χ2v) is 6.19. The first kappa shape index (κ1) is 18.7. The highest BCUT2D eigenvalue weighted by Gasteiger charge is 2.19. The lowest BCUT2D eigenvalue weighted by Gasteiger charge is -2.26. The van der Waals surface area contributed by atoms with E-state index in [2.05, 4.69) is 23.8 Å². The van der Waals surface area contributed by atoms with Crippen LogP contribution in [0.4, 0.5) is 0 Å². The molecule has 2 N–H and O–H groups in total. The van der Waals surface area contributed by atoms with Crippen molar-refractivity contribution in [2.45, 2.75) is 31.8 Å². The summed E-state index contributed by atoms with van der Waals surface area (Å²) in [6, 6.07) is 11.8. The van der Waals surface area contributed by atoms with E-state index in [0.717, 1.165) is 12.0 Å². The second-order valence-electron chi connectivity index (χ2n) is 5.41. The van der Waals surface area contributed by atoms with Crippen LogP contribution in [0.3, 0.4) is 0 Å². The molecular weight excluding hydrogens is 316 g/mol. The third-order valence-electron chi connectivity index (χ3n) is 3.79. The van der Waals surface area contributed by atoms with Crippen molar-refractivity contribution in [2.75, 3.05) is 7.05 Å². The molecule has 5 heteroatoms. The van der Waals surface area contributed by atoms with Crippen molar-refractivity contribution in [3.8, 4) is 0 Å². The zero-order valence-electron chi connectivity index (χ0n) is 12.9. The van der Waals surface area contributed by atoms with Crippen molar-refractivity contribution in [1.82, 2.24) is 4.90 Å². The van der Waals surface area contributed by atoms with E-state index in [1.165, 1.54) is 5.56 Å². The van der Waals surface area contributed by atoms with Crippen molar-refractivity contribution in [3.63, 3.8) is 0 Å². The van der Waals surface area contributed by atoms with Gasteiger partial charge < -0.3 is 10.6 Å². The fourth-order valence-corrected chi connectivity index (χ4v) is 2.96. The van der Waals surface area contributed by atoms with E-state index in [9.17, 15) is 4.79 Å². The number of amides is 1. The minimum absolute atomic E-state index is 0. The van der Waals surface area contributed by atoms with Gasteiger partial charge in [-0.25, -0.2) is 0 Å². The van der Waals surface area contributed by atoms with Gasteiger partial charge in [-0.1, -0.05) is 30.3 Å². The summed E-state index contributed by atoms with van der Waals surface area (Å²) in [4.78, 5) is 14.2. The van der Waals surface area contributed by atoms with Gasteiger partial charge >= 0.3 is 0 Å². The molecule has 1 aromatic heterocycles. The predicted molar refractivity (Wildman–Crippen MR) is 95.5 cm³/mol. The maximum Gasteiger partial charge on any atom is 0.224 e. The number of carbonyl (C=O) groups is 1. The van der Waals surface area contributed by atoms with Gasteiger partial charge in [0.05, 0.1) is 0 Å². The number of likely N-dealkylation sites (N-methyl/N-ethyl adjacent to an activating group) is 1. The fourth-order valence-electron chi connectivity index (χ4n) is 2.28. The maximum atomic E-state index is 12.3. The summed E-state index contributed by atoms with van der Waals surface area (Å²) in [7, 11) is 1.86. The largest absolute Gasteiger partial charge is 0.343 e. The monoisotopic (exact) mass is 338 g/mol. The molecule has 0 aliphatic rings. The Kier molecular flexibility index (Phi) is 7.59. The Bertz CT molecular complexity index is 559. The number of nitrogens with two attached hydrogens (primary N) is 1. The summed E-state index contributed by atoms with van der Waals surface area (Å²) < 4.78 is 0. The van der Waals surface area contributed by atoms with Gasteiger partial charge in [-0.15, -0.1) is 12.4 Å². The topological polar surface area (TPSA) is 46.3 Å². The summed E-state index contributed by atoms with van der Waals surface area (Å²) in [5, 5.41) is 4.19. The molecule has 3 nitrogen and oxygen atoms in total. The predicted octanol–water partition coefficient (Wildman–Crippen LogP) is 3.65. The van der Waals surface area contributed by atoms with Crippen LogP contribution in [0, 0.1) is 0 Å². The van der Waals surface area contributed by atoms with Crippen molar-refractivity contribution in [2.24, 2.45) is 5.73 Å². The van der Waals surface area contributed by atoms with Crippen LogP contribution >= 0.6 is 23.7 Å². The lowest BCUT2D eigenvalue weighted by atomic mass is 10.0. The standard InChI is InChI=1S/C17H22N2OS.ClH/c1-13(10-14-8-9-21-12-14)19(2)17(20)11-16(18)15-6-4-3-5-7-15;/h3-9,12-13,16H,10-11,18H2,1-2H3;1H. The van der Waals surface area contributed by atoms with Gasteiger partial charge in [-0.3, -0.25) is 4.79 Å². The summed E-state index contributed by atoms with van der Waals surface area (Å²) in [5.74, 6) is 0.0917. The van der Waals surface area contributed by atoms with Crippen LogP contribution in [0.15, 0.2) is 47.2 Å². The minimum atomic E-state index is -0.241. The first-order valence-corrected chi connectivity index (χ1v) is 8.09. The number of hydrogen-bond donors (Lipinski definition) is 1. The summed E-state index contributed by atoms with van der Waals surface area (Å²) in [5.41, 5.74) is 8.41. The number of halogens is 1. The lowest BCUT2D eigenvalue weighted by Crippen LogP contribution is -2.37. The molecule has 2 aromatic rings. The van der Waals surface area contributed by atoms with Gasteiger partial charge in [0.15, 0.2) is 0 Å². The molecule has 0 aliphatic heterocycles. The third kappa shape index (κ3) is 5.13. The maximum absolute atomic E-state index is 12.3. The molecule has 0 aliphatic carbocycles. The highest BCUT2D eigenvalue weighted by molar-refractivity contribution is 7.07. The van der Waals surface area contributed by atoms with E-state index in [1.807, 2.05) is 37.4 Å². The van der Waals surface area contributed by atoms with Crippen LogP contribution in [-0.2, 0) is 11.2 Å². The summed E-state index contributed by atoms with van der Waals surface area (Å²) in [6.07, 6.45) is 1.22. The van der Waals surface area contributed by atoms with Crippen LogP contribution in [0.5, 0.6) is 0 Å². The molecule has 1 heterocycles. The van der Waals surface area contributed by atoms with Crippen LogP contribution < -0.4 is 5.73 Å². The normalized spacial score (nSPS) is 13.0. The van der Waals surface area contributed by atoms with Crippen molar-refractivity contribution in [3.05, 3.63) is 58.3 Å². The molecule has 2 unspecified atom stereocenters. The molecule has 0 bridgehead atoms. The lowest BCUT2D eigenvalue weighted by molar-refractivity contribution is -0.132. The Hall–Kier alpha value is -1.36. The Labute approximate surface area is 142 Å². The molecule has 0 spiro atoms. The van der Waals surface area contributed by atoms with Crippen LogP contribution in [0.2, 0.25) is 0 Å². The highest BCUT2D eigenvalue weighted by atomic mass is 35.5. The molecule has 22 heavy (non-hydrogen) atoms. The van der Waals surface area contributed by atoms with E-state index < -0.39 is 0 Å². The molecule has 0 saturated carbocycles. The highest BCUT2D eigenvalue weighted by Crippen LogP contribution is 2.17. The second kappa shape index (κ2) is 8.93. The number of thiophene rings is 1. The number of carbonyl (C=O) groups excluding carboxylic acids is 1. The zero-order chi connectivity index (χ0) is 15.2. The number of nitrogens with zero attached hydrogens (tertiary/aromatic N) is 1.